The van der Waals surface area contributed by atoms with Gasteiger partial charge >= 0.3 is 4.87 Å². The standard InChI is InChI=1S/C22H26N2O3S/c1-6-24-18-10-8-16(12-20(18)28-22(24)26)23-21(25)15(5)27-19-11-14(4)7-9-17(19)13(2)3/h7-13,15H,6H2,1-5H3,(H,23,25)/t15-/m1/s1. The van der Waals surface area contributed by atoms with Crippen molar-refractivity contribution in [3.63, 3.8) is 0 Å². The zero-order valence-corrected chi connectivity index (χ0v) is 17.7. The molecule has 3 aromatic rings. The summed E-state index contributed by atoms with van der Waals surface area (Å²) < 4.78 is 8.57. The second kappa shape index (κ2) is 8.19. The number of carbonyl (C=O) groups excluding carboxylic acids is 1. The highest BCUT2D eigenvalue weighted by Crippen LogP contribution is 2.28. The van der Waals surface area contributed by atoms with Crippen LogP contribution in [0.2, 0.25) is 0 Å². The molecule has 0 saturated carbocycles. The van der Waals surface area contributed by atoms with Crippen LogP contribution in [0.15, 0.2) is 41.2 Å². The van der Waals surface area contributed by atoms with E-state index in [1.807, 2.05) is 44.2 Å². The molecule has 28 heavy (non-hydrogen) atoms. The number of hydrogen-bond acceptors (Lipinski definition) is 4. The van der Waals surface area contributed by atoms with Crippen molar-refractivity contribution in [1.29, 1.82) is 0 Å². The number of anilines is 1. The number of benzene rings is 2. The van der Waals surface area contributed by atoms with Crippen LogP contribution in [0.4, 0.5) is 5.69 Å². The second-order valence-corrected chi connectivity index (χ2v) is 8.23. The van der Waals surface area contributed by atoms with Crippen molar-refractivity contribution in [2.75, 3.05) is 5.32 Å². The van der Waals surface area contributed by atoms with Crippen molar-refractivity contribution in [2.45, 2.75) is 53.2 Å². The number of ether oxygens (including phenoxy) is 1. The molecular weight excluding hydrogens is 372 g/mol. The van der Waals surface area contributed by atoms with Crippen molar-refractivity contribution in [2.24, 2.45) is 0 Å². The normalized spacial score (nSPS) is 12.4. The molecular formula is C22H26N2O3S. The minimum atomic E-state index is -0.644. The third kappa shape index (κ3) is 4.12. The molecule has 1 heterocycles. The van der Waals surface area contributed by atoms with Crippen LogP contribution in [0.1, 0.15) is 44.7 Å². The maximum Gasteiger partial charge on any atom is 0.308 e. The molecule has 148 valence electrons. The van der Waals surface area contributed by atoms with E-state index < -0.39 is 6.10 Å². The molecule has 0 radical (unpaired) electrons. The number of nitrogens with one attached hydrogen (secondary N) is 1. The van der Waals surface area contributed by atoms with Crippen LogP contribution in [0.5, 0.6) is 5.75 Å². The first-order valence-corrected chi connectivity index (χ1v) is 10.3. The average Bonchev–Trinajstić information content (AvgIpc) is 2.95. The van der Waals surface area contributed by atoms with Crippen molar-refractivity contribution >= 4 is 33.1 Å². The van der Waals surface area contributed by atoms with Crippen molar-refractivity contribution in [3.8, 4) is 5.75 Å². The first-order valence-electron chi connectivity index (χ1n) is 9.51. The predicted molar refractivity (Wildman–Crippen MR) is 116 cm³/mol. The van der Waals surface area contributed by atoms with Gasteiger partial charge in [0.25, 0.3) is 5.91 Å². The number of rotatable bonds is 6. The minimum Gasteiger partial charge on any atom is -0.481 e. The van der Waals surface area contributed by atoms with Gasteiger partial charge in [-0.05, 0) is 62.1 Å². The van der Waals surface area contributed by atoms with Gasteiger partial charge in [-0.1, -0.05) is 37.3 Å². The number of nitrogens with zero attached hydrogens (tertiary/aromatic N) is 1. The summed E-state index contributed by atoms with van der Waals surface area (Å²) in [5.74, 6) is 0.822. The number of hydrogen-bond donors (Lipinski definition) is 1. The Morgan fingerprint density at radius 2 is 1.93 bits per heavy atom. The summed E-state index contributed by atoms with van der Waals surface area (Å²) in [5.41, 5.74) is 3.72. The zero-order chi connectivity index (χ0) is 20.4. The topological polar surface area (TPSA) is 60.3 Å². The second-order valence-electron chi connectivity index (χ2n) is 7.24. The molecule has 0 fully saturated rings. The first kappa shape index (κ1) is 20.1. The van der Waals surface area contributed by atoms with Gasteiger partial charge in [0.15, 0.2) is 6.10 Å². The van der Waals surface area contributed by atoms with E-state index in [-0.39, 0.29) is 10.8 Å². The largest absolute Gasteiger partial charge is 0.481 e. The number of aryl methyl sites for hydroxylation is 2. The molecule has 1 atom stereocenters. The fourth-order valence-electron chi connectivity index (χ4n) is 3.15. The van der Waals surface area contributed by atoms with E-state index in [0.29, 0.717) is 18.2 Å². The Kier molecular flexibility index (Phi) is 5.89. The molecule has 1 amide bonds. The van der Waals surface area contributed by atoms with Gasteiger partial charge in [-0.3, -0.25) is 14.2 Å². The molecule has 0 bridgehead atoms. The summed E-state index contributed by atoms with van der Waals surface area (Å²) in [6.07, 6.45) is -0.644. The fourth-order valence-corrected chi connectivity index (χ4v) is 4.15. The van der Waals surface area contributed by atoms with E-state index in [9.17, 15) is 9.59 Å². The van der Waals surface area contributed by atoms with Gasteiger partial charge in [0.2, 0.25) is 0 Å². The summed E-state index contributed by atoms with van der Waals surface area (Å²) in [5, 5.41) is 2.90. The summed E-state index contributed by atoms with van der Waals surface area (Å²) in [6, 6.07) is 11.6. The van der Waals surface area contributed by atoms with Crippen LogP contribution < -0.4 is 14.9 Å². The third-order valence-electron chi connectivity index (χ3n) is 4.72. The van der Waals surface area contributed by atoms with Gasteiger partial charge in [0.05, 0.1) is 10.2 Å². The fraction of sp³-hybridized carbons (Fsp3) is 0.364. The number of fused-ring (bicyclic) bond motifs is 1. The monoisotopic (exact) mass is 398 g/mol. The Labute approximate surface area is 169 Å². The van der Waals surface area contributed by atoms with Gasteiger partial charge in [0.1, 0.15) is 5.75 Å². The summed E-state index contributed by atoms with van der Waals surface area (Å²) in [6.45, 7) is 10.5. The van der Waals surface area contributed by atoms with E-state index in [4.69, 9.17) is 4.74 Å². The van der Waals surface area contributed by atoms with E-state index in [2.05, 4.69) is 25.2 Å². The molecule has 0 saturated heterocycles. The lowest BCUT2D eigenvalue weighted by Gasteiger charge is -2.19. The van der Waals surface area contributed by atoms with E-state index in [1.165, 1.54) is 11.3 Å². The third-order valence-corrected chi connectivity index (χ3v) is 5.66. The Bertz CT molecular complexity index is 1070. The molecule has 0 unspecified atom stereocenters. The lowest BCUT2D eigenvalue weighted by Crippen LogP contribution is -2.30. The predicted octanol–water partition coefficient (Wildman–Crippen LogP) is 4.92. The van der Waals surface area contributed by atoms with Gasteiger partial charge in [-0.15, -0.1) is 0 Å². The smallest absolute Gasteiger partial charge is 0.308 e. The number of carbonyl (C=O) groups is 1. The van der Waals surface area contributed by atoms with Crippen molar-refractivity contribution < 1.29 is 9.53 Å². The van der Waals surface area contributed by atoms with Crippen LogP contribution in [0.25, 0.3) is 10.2 Å². The lowest BCUT2D eigenvalue weighted by molar-refractivity contribution is -0.122. The van der Waals surface area contributed by atoms with Crippen LogP contribution >= 0.6 is 11.3 Å². The molecule has 1 aromatic heterocycles. The molecule has 2 aromatic carbocycles. The van der Waals surface area contributed by atoms with Crippen LogP contribution in [-0.2, 0) is 11.3 Å². The molecule has 5 nitrogen and oxygen atoms in total. The van der Waals surface area contributed by atoms with Gasteiger partial charge < -0.3 is 10.1 Å². The Morgan fingerprint density at radius 1 is 1.18 bits per heavy atom. The van der Waals surface area contributed by atoms with Gasteiger partial charge in [-0.25, -0.2) is 0 Å². The average molecular weight is 399 g/mol. The minimum absolute atomic E-state index is 0.0124. The van der Waals surface area contributed by atoms with Crippen LogP contribution in [-0.4, -0.2) is 16.6 Å². The highest BCUT2D eigenvalue weighted by molar-refractivity contribution is 7.16. The molecule has 1 N–H and O–H groups in total. The highest BCUT2D eigenvalue weighted by atomic mass is 32.1. The maximum absolute atomic E-state index is 12.6. The molecule has 3 rings (SSSR count). The van der Waals surface area contributed by atoms with Crippen molar-refractivity contribution in [3.05, 3.63) is 57.2 Å². The summed E-state index contributed by atoms with van der Waals surface area (Å²) >= 11 is 1.19. The van der Waals surface area contributed by atoms with Gasteiger partial charge in [0, 0.05) is 12.2 Å². The summed E-state index contributed by atoms with van der Waals surface area (Å²) in [4.78, 5) is 24.7. The van der Waals surface area contributed by atoms with E-state index in [0.717, 1.165) is 27.1 Å². The molecule has 0 spiro atoms. The van der Waals surface area contributed by atoms with Crippen LogP contribution in [0.3, 0.4) is 0 Å². The Balaban J connectivity index is 1.77. The number of aromatic nitrogens is 1. The molecule has 0 aliphatic carbocycles. The zero-order valence-electron chi connectivity index (χ0n) is 16.9. The lowest BCUT2D eigenvalue weighted by atomic mass is 10.0. The number of amides is 1. The van der Waals surface area contributed by atoms with Crippen LogP contribution in [0, 0.1) is 6.92 Å². The molecule has 0 aliphatic rings. The Morgan fingerprint density at radius 3 is 2.61 bits per heavy atom. The quantitative estimate of drug-likeness (QED) is 0.641. The summed E-state index contributed by atoms with van der Waals surface area (Å²) in [7, 11) is 0. The SMILES string of the molecule is CCn1c(=O)sc2cc(NC(=O)[C@@H](C)Oc3cc(C)ccc3C(C)C)ccc21. The Hall–Kier alpha value is -2.60. The molecule has 6 heteroatoms. The molecule has 0 aliphatic heterocycles. The van der Waals surface area contributed by atoms with E-state index >= 15 is 0 Å². The van der Waals surface area contributed by atoms with Crippen molar-refractivity contribution in [1.82, 2.24) is 4.57 Å². The number of thiazole rings is 1. The van der Waals surface area contributed by atoms with E-state index in [1.54, 1.807) is 11.5 Å². The highest BCUT2D eigenvalue weighted by Gasteiger charge is 2.18. The van der Waals surface area contributed by atoms with Gasteiger partial charge in [-0.2, -0.15) is 0 Å². The first-order chi connectivity index (χ1) is 13.3. The maximum atomic E-state index is 12.6.